The molecule has 0 saturated heterocycles. The summed E-state index contributed by atoms with van der Waals surface area (Å²) in [4.78, 5) is 10.3. The van der Waals surface area contributed by atoms with Gasteiger partial charge in [0, 0.05) is 6.42 Å². The maximum Gasteiger partial charge on any atom is 0.303 e. The zero-order valence-electron chi connectivity index (χ0n) is 13.5. The Kier molecular flexibility index (Phi) is 16.0. The number of carboxylic acids is 1. The van der Waals surface area contributed by atoms with Gasteiger partial charge < -0.3 is 10.4 Å². The first-order chi connectivity index (χ1) is 9.77. The number of carbonyl (C=O) groups is 1. The summed E-state index contributed by atoms with van der Waals surface area (Å²) in [6, 6.07) is 0. The lowest BCUT2D eigenvalue weighted by Crippen LogP contribution is -2.15. The average molecular weight is 285 g/mol. The molecule has 0 spiro atoms. The quantitative estimate of drug-likeness (QED) is 0.402. The Balaban J connectivity index is 2.94. The fraction of sp³-hybridized carbons (Fsp3) is 0.941. The summed E-state index contributed by atoms with van der Waals surface area (Å²) >= 11 is 0. The van der Waals surface area contributed by atoms with Gasteiger partial charge in [0.15, 0.2) is 0 Å². The Morgan fingerprint density at radius 2 is 1.20 bits per heavy atom. The normalized spacial score (nSPS) is 10.8. The Bertz CT molecular complexity index is 207. The molecular weight excluding hydrogens is 250 g/mol. The van der Waals surface area contributed by atoms with Crippen molar-refractivity contribution in [2.24, 2.45) is 0 Å². The van der Waals surface area contributed by atoms with Gasteiger partial charge in [0.2, 0.25) is 0 Å². The third-order valence-corrected chi connectivity index (χ3v) is 3.67. The number of rotatable bonds is 16. The van der Waals surface area contributed by atoms with Crippen LogP contribution in [0.1, 0.15) is 90.4 Å². The second-order valence-corrected chi connectivity index (χ2v) is 5.78. The van der Waals surface area contributed by atoms with E-state index in [1.54, 1.807) is 0 Å². The summed E-state index contributed by atoms with van der Waals surface area (Å²) in [7, 11) is 0. The molecule has 0 fully saturated rings. The van der Waals surface area contributed by atoms with E-state index in [1.807, 2.05) is 0 Å². The third-order valence-electron chi connectivity index (χ3n) is 3.67. The molecule has 0 rings (SSSR count). The summed E-state index contributed by atoms with van der Waals surface area (Å²) < 4.78 is 0. The number of nitrogens with one attached hydrogen (secondary N) is 1. The van der Waals surface area contributed by atoms with Crippen molar-refractivity contribution in [3.8, 4) is 0 Å². The van der Waals surface area contributed by atoms with Crippen LogP contribution in [0.5, 0.6) is 0 Å². The first-order valence-corrected chi connectivity index (χ1v) is 8.70. The number of hydrogen-bond donors (Lipinski definition) is 2. The lowest BCUT2D eigenvalue weighted by Gasteiger charge is -2.04. The molecule has 0 heterocycles. The smallest absolute Gasteiger partial charge is 0.303 e. The minimum Gasteiger partial charge on any atom is -0.481 e. The molecule has 2 N–H and O–H groups in total. The van der Waals surface area contributed by atoms with Crippen molar-refractivity contribution in [2.75, 3.05) is 13.1 Å². The van der Waals surface area contributed by atoms with Gasteiger partial charge >= 0.3 is 5.97 Å². The predicted octanol–water partition coefficient (Wildman–Crippen LogP) is 4.75. The zero-order chi connectivity index (χ0) is 14.9. The van der Waals surface area contributed by atoms with Crippen LogP contribution in [0.3, 0.4) is 0 Å². The molecule has 0 aromatic rings. The van der Waals surface area contributed by atoms with Gasteiger partial charge in [0.1, 0.15) is 0 Å². The Morgan fingerprint density at radius 1 is 0.750 bits per heavy atom. The molecule has 0 unspecified atom stereocenters. The number of aliphatic carboxylic acids is 1. The monoisotopic (exact) mass is 285 g/mol. The van der Waals surface area contributed by atoms with Gasteiger partial charge in [-0.1, -0.05) is 64.7 Å². The van der Waals surface area contributed by atoms with E-state index in [9.17, 15) is 4.79 Å². The van der Waals surface area contributed by atoms with Crippen molar-refractivity contribution in [3.63, 3.8) is 0 Å². The van der Waals surface area contributed by atoms with Crippen LogP contribution in [-0.2, 0) is 4.79 Å². The SMILES string of the molecule is CCCNCCCCCCCCCCCCCC(=O)O. The minimum atomic E-state index is -0.658. The molecule has 0 radical (unpaired) electrons. The third kappa shape index (κ3) is 17.4. The van der Waals surface area contributed by atoms with Gasteiger partial charge in [-0.3, -0.25) is 4.79 Å². The fourth-order valence-electron chi connectivity index (χ4n) is 2.42. The van der Waals surface area contributed by atoms with E-state index >= 15 is 0 Å². The van der Waals surface area contributed by atoms with Crippen molar-refractivity contribution in [1.29, 1.82) is 0 Å². The summed E-state index contributed by atoms with van der Waals surface area (Å²) in [5.74, 6) is -0.658. The van der Waals surface area contributed by atoms with Gasteiger partial charge in [0.25, 0.3) is 0 Å². The van der Waals surface area contributed by atoms with Gasteiger partial charge in [0.05, 0.1) is 0 Å². The highest BCUT2D eigenvalue weighted by atomic mass is 16.4. The van der Waals surface area contributed by atoms with Crippen molar-refractivity contribution < 1.29 is 9.90 Å². The summed E-state index contributed by atoms with van der Waals surface area (Å²) in [6.07, 6.45) is 15.5. The molecule has 0 amide bonds. The molecule has 3 nitrogen and oxygen atoms in total. The van der Waals surface area contributed by atoms with E-state index in [0.29, 0.717) is 6.42 Å². The standard InChI is InChI=1S/C17H35NO2/c1-2-15-18-16-13-11-9-7-5-3-4-6-8-10-12-14-17(19)20/h18H,2-16H2,1H3,(H,19,20). The molecule has 0 aliphatic heterocycles. The maximum atomic E-state index is 10.3. The zero-order valence-corrected chi connectivity index (χ0v) is 13.5. The van der Waals surface area contributed by atoms with Crippen molar-refractivity contribution >= 4 is 5.97 Å². The van der Waals surface area contributed by atoms with Crippen molar-refractivity contribution in [3.05, 3.63) is 0 Å². The van der Waals surface area contributed by atoms with E-state index in [-0.39, 0.29) is 0 Å². The van der Waals surface area contributed by atoms with Gasteiger partial charge in [-0.2, -0.15) is 0 Å². The molecule has 0 aromatic heterocycles. The predicted molar refractivity (Wildman–Crippen MR) is 86.2 cm³/mol. The molecule has 0 atom stereocenters. The van der Waals surface area contributed by atoms with E-state index in [0.717, 1.165) is 19.4 Å². The molecular formula is C17H35NO2. The van der Waals surface area contributed by atoms with Crippen LogP contribution in [0.2, 0.25) is 0 Å². The fourth-order valence-corrected chi connectivity index (χ4v) is 2.42. The maximum absolute atomic E-state index is 10.3. The molecule has 0 bridgehead atoms. The molecule has 3 heteroatoms. The summed E-state index contributed by atoms with van der Waals surface area (Å²) in [5, 5.41) is 12.0. The van der Waals surface area contributed by atoms with Crippen LogP contribution < -0.4 is 5.32 Å². The molecule has 0 aliphatic rings. The van der Waals surface area contributed by atoms with Crippen LogP contribution in [-0.4, -0.2) is 24.2 Å². The van der Waals surface area contributed by atoms with Crippen LogP contribution in [0, 0.1) is 0 Å². The van der Waals surface area contributed by atoms with E-state index in [4.69, 9.17) is 5.11 Å². The largest absolute Gasteiger partial charge is 0.481 e. The van der Waals surface area contributed by atoms with Crippen molar-refractivity contribution in [1.82, 2.24) is 5.32 Å². The number of unbranched alkanes of at least 4 members (excludes halogenated alkanes) is 10. The highest BCUT2D eigenvalue weighted by molar-refractivity contribution is 5.66. The molecule has 120 valence electrons. The van der Waals surface area contributed by atoms with Crippen molar-refractivity contribution in [2.45, 2.75) is 90.4 Å². The molecule has 0 aliphatic carbocycles. The number of hydrogen-bond acceptors (Lipinski definition) is 2. The Morgan fingerprint density at radius 3 is 1.65 bits per heavy atom. The van der Waals surface area contributed by atoms with Crippen LogP contribution in [0.15, 0.2) is 0 Å². The topological polar surface area (TPSA) is 49.3 Å². The van der Waals surface area contributed by atoms with E-state index in [1.165, 1.54) is 70.8 Å². The number of carboxylic acid groups (broad SMARTS) is 1. The Hall–Kier alpha value is -0.570. The lowest BCUT2D eigenvalue weighted by molar-refractivity contribution is -0.137. The first kappa shape index (κ1) is 19.4. The van der Waals surface area contributed by atoms with E-state index in [2.05, 4.69) is 12.2 Å². The highest BCUT2D eigenvalue weighted by Crippen LogP contribution is 2.11. The second-order valence-electron chi connectivity index (χ2n) is 5.78. The highest BCUT2D eigenvalue weighted by Gasteiger charge is 1.96. The molecule has 0 saturated carbocycles. The van der Waals surface area contributed by atoms with Crippen LogP contribution in [0.4, 0.5) is 0 Å². The summed E-state index contributed by atoms with van der Waals surface area (Å²) in [5.41, 5.74) is 0. The minimum absolute atomic E-state index is 0.340. The van der Waals surface area contributed by atoms with Crippen LogP contribution >= 0.6 is 0 Å². The Labute approximate surface area is 125 Å². The van der Waals surface area contributed by atoms with Crippen LogP contribution in [0.25, 0.3) is 0 Å². The molecule has 0 aromatic carbocycles. The second kappa shape index (κ2) is 16.5. The first-order valence-electron chi connectivity index (χ1n) is 8.70. The molecule has 20 heavy (non-hydrogen) atoms. The lowest BCUT2D eigenvalue weighted by atomic mass is 10.1. The van der Waals surface area contributed by atoms with Gasteiger partial charge in [-0.15, -0.1) is 0 Å². The van der Waals surface area contributed by atoms with E-state index < -0.39 is 5.97 Å². The van der Waals surface area contributed by atoms with Gasteiger partial charge in [-0.25, -0.2) is 0 Å². The van der Waals surface area contributed by atoms with Gasteiger partial charge in [-0.05, 0) is 32.4 Å². The average Bonchev–Trinajstić information content (AvgIpc) is 2.43. The summed E-state index contributed by atoms with van der Waals surface area (Å²) in [6.45, 7) is 4.55.